The smallest absolute Gasteiger partial charge is 0.228 e. The summed E-state index contributed by atoms with van der Waals surface area (Å²) in [6.45, 7) is 16.0. The topological polar surface area (TPSA) is 13.1 Å². The molecule has 0 saturated carbocycles. The van der Waals surface area contributed by atoms with Crippen molar-refractivity contribution in [3.8, 4) is 22.8 Å². The highest BCUT2D eigenvalue weighted by molar-refractivity contribution is 6.07. The van der Waals surface area contributed by atoms with Gasteiger partial charge in [-0.2, -0.15) is 0 Å². The summed E-state index contributed by atoms with van der Waals surface area (Å²) >= 11 is 0. The average Bonchev–Trinajstić information content (AvgIpc) is 2.71. The zero-order valence-corrected chi connectivity index (χ0v) is 21.4. The van der Waals surface area contributed by atoms with E-state index >= 15 is 0 Å². The van der Waals surface area contributed by atoms with Crippen molar-refractivity contribution in [2.24, 2.45) is 18.4 Å². The molecule has 0 N–H and O–H groups in total. The van der Waals surface area contributed by atoms with Crippen molar-refractivity contribution in [1.29, 1.82) is 0 Å². The van der Waals surface area contributed by atoms with Gasteiger partial charge in [0.05, 0.1) is 10.9 Å². The summed E-state index contributed by atoms with van der Waals surface area (Å²) in [5.74, 6) is 2.61. The molecule has 1 aromatic heterocycles. The molecule has 0 aliphatic carbocycles. The van der Waals surface area contributed by atoms with Crippen molar-refractivity contribution in [3.05, 3.63) is 64.8 Å². The van der Waals surface area contributed by atoms with Gasteiger partial charge in [0, 0.05) is 11.6 Å². The molecule has 1 aliphatic rings. The van der Waals surface area contributed by atoms with Crippen LogP contribution in [0.4, 0.5) is 0 Å². The number of ether oxygens (including phenoxy) is 1. The van der Waals surface area contributed by atoms with Crippen LogP contribution in [0.25, 0.3) is 32.8 Å². The number of hydrogen-bond acceptors (Lipinski definition) is 1. The van der Waals surface area contributed by atoms with Crippen LogP contribution in [0.3, 0.4) is 0 Å². The maximum atomic E-state index is 6.92. The molecule has 0 fully saturated rings. The zero-order valence-electron chi connectivity index (χ0n) is 21.4. The van der Waals surface area contributed by atoms with Gasteiger partial charge in [0.1, 0.15) is 18.5 Å². The first-order valence-electron chi connectivity index (χ1n) is 12.2. The van der Waals surface area contributed by atoms with Crippen molar-refractivity contribution in [2.45, 2.75) is 61.3 Å². The molecular formula is C31H36NO+. The van der Waals surface area contributed by atoms with Crippen molar-refractivity contribution in [2.75, 3.05) is 0 Å². The molecule has 0 spiro atoms. The van der Waals surface area contributed by atoms with Gasteiger partial charge >= 0.3 is 0 Å². The fourth-order valence-electron chi connectivity index (χ4n) is 5.68. The Kier molecular flexibility index (Phi) is 5.04. The molecule has 0 saturated heterocycles. The summed E-state index contributed by atoms with van der Waals surface area (Å²) in [5, 5.41) is 5.21. The molecule has 0 bridgehead atoms. The van der Waals surface area contributed by atoms with Crippen LogP contribution < -0.4 is 9.30 Å². The number of hydrogen-bond donors (Lipinski definition) is 0. The second kappa shape index (κ2) is 7.58. The Hall–Kier alpha value is -2.87. The minimum Gasteiger partial charge on any atom is -0.455 e. The number of pyridine rings is 1. The summed E-state index contributed by atoms with van der Waals surface area (Å²) in [6, 6.07) is 13.6. The molecule has 5 rings (SSSR count). The predicted octanol–water partition coefficient (Wildman–Crippen LogP) is 7.99. The van der Waals surface area contributed by atoms with Crippen LogP contribution >= 0.6 is 0 Å². The lowest BCUT2D eigenvalue weighted by atomic mass is 9.83. The van der Waals surface area contributed by atoms with E-state index < -0.39 is 0 Å². The molecular weight excluding hydrogens is 402 g/mol. The number of aryl methyl sites for hydroxylation is 3. The Morgan fingerprint density at radius 3 is 2.45 bits per heavy atom. The Bertz CT molecular complexity index is 1420. The van der Waals surface area contributed by atoms with Crippen molar-refractivity contribution in [3.63, 3.8) is 0 Å². The normalized spacial score (nSPS) is 13.0. The lowest BCUT2D eigenvalue weighted by molar-refractivity contribution is -0.659. The monoisotopic (exact) mass is 438 g/mol. The van der Waals surface area contributed by atoms with Crippen LogP contribution in [0.15, 0.2) is 42.6 Å². The van der Waals surface area contributed by atoms with Crippen LogP contribution in [0.1, 0.15) is 56.9 Å². The molecule has 0 atom stereocenters. The molecule has 3 aromatic carbocycles. The van der Waals surface area contributed by atoms with Crippen LogP contribution in [0.5, 0.6) is 11.5 Å². The van der Waals surface area contributed by atoms with Crippen molar-refractivity contribution < 1.29 is 9.30 Å². The quantitative estimate of drug-likeness (QED) is 0.260. The summed E-state index contributed by atoms with van der Waals surface area (Å²) < 4.78 is 9.20. The second-order valence-electron chi connectivity index (χ2n) is 11.6. The van der Waals surface area contributed by atoms with Gasteiger partial charge in [0.25, 0.3) is 0 Å². The summed E-state index contributed by atoms with van der Waals surface area (Å²) in [7, 11) is 2.17. The van der Waals surface area contributed by atoms with Crippen LogP contribution in [0.2, 0.25) is 0 Å². The average molecular weight is 439 g/mol. The predicted molar refractivity (Wildman–Crippen MR) is 139 cm³/mol. The largest absolute Gasteiger partial charge is 0.455 e. The summed E-state index contributed by atoms with van der Waals surface area (Å²) in [4.78, 5) is 0. The van der Waals surface area contributed by atoms with Crippen LogP contribution in [-0.4, -0.2) is 0 Å². The Labute approximate surface area is 198 Å². The molecule has 1 aliphatic heterocycles. The third-order valence-corrected chi connectivity index (χ3v) is 6.91. The molecule has 0 unspecified atom stereocenters. The van der Waals surface area contributed by atoms with E-state index in [9.17, 15) is 0 Å². The highest BCUT2D eigenvalue weighted by Gasteiger charge is 2.33. The molecule has 33 heavy (non-hydrogen) atoms. The highest BCUT2D eigenvalue weighted by atomic mass is 16.5. The first-order valence-corrected chi connectivity index (χ1v) is 12.2. The minimum absolute atomic E-state index is 0.224. The van der Waals surface area contributed by atoms with Gasteiger partial charge in [-0.1, -0.05) is 58.9 Å². The standard InChI is InChI=1S/C31H36NO/c1-18(2)14-24-26-19(3)10-9-11-23(26)20(4)27-29-28-22(12-13-32(29)8)15-21(17-31(5,6)7)16-25(28)33-30(24)27/h9-13,15-16,18H,14,17H2,1-8H3/q+1. The maximum Gasteiger partial charge on any atom is 0.228 e. The first-order chi connectivity index (χ1) is 15.5. The Morgan fingerprint density at radius 2 is 1.76 bits per heavy atom. The molecule has 2 heterocycles. The van der Waals surface area contributed by atoms with Crippen molar-refractivity contribution >= 4 is 21.5 Å². The lowest BCUT2D eigenvalue weighted by Crippen LogP contribution is -2.32. The van der Waals surface area contributed by atoms with E-state index in [4.69, 9.17) is 4.74 Å². The summed E-state index contributed by atoms with van der Waals surface area (Å²) in [6.07, 6.45) is 4.23. The van der Waals surface area contributed by atoms with E-state index in [-0.39, 0.29) is 5.41 Å². The fourth-order valence-corrected chi connectivity index (χ4v) is 5.68. The fraction of sp³-hybridized carbons (Fsp3) is 0.387. The number of benzene rings is 3. The lowest BCUT2D eigenvalue weighted by Gasteiger charge is -2.27. The van der Waals surface area contributed by atoms with Crippen LogP contribution in [0, 0.1) is 25.2 Å². The van der Waals surface area contributed by atoms with E-state index in [1.54, 1.807) is 0 Å². The highest BCUT2D eigenvalue weighted by Crippen LogP contribution is 2.51. The van der Waals surface area contributed by atoms with Gasteiger partial charge in [-0.25, -0.2) is 4.57 Å². The van der Waals surface area contributed by atoms with E-state index in [1.807, 2.05) is 0 Å². The summed E-state index contributed by atoms with van der Waals surface area (Å²) in [5.41, 5.74) is 8.08. The molecule has 4 aromatic rings. The van der Waals surface area contributed by atoms with Gasteiger partial charge < -0.3 is 4.74 Å². The van der Waals surface area contributed by atoms with Gasteiger partial charge in [-0.15, -0.1) is 0 Å². The third-order valence-electron chi connectivity index (χ3n) is 6.91. The molecule has 170 valence electrons. The van der Waals surface area contributed by atoms with E-state index in [0.717, 1.165) is 24.3 Å². The number of rotatable bonds is 3. The number of nitrogens with zero attached hydrogens (tertiary/aromatic N) is 1. The van der Waals surface area contributed by atoms with E-state index in [1.165, 1.54) is 55.1 Å². The van der Waals surface area contributed by atoms with Gasteiger partial charge in [0.2, 0.25) is 5.69 Å². The number of aromatic nitrogens is 1. The molecule has 0 radical (unpaired) electrons. The second-order valence-corrected chi connectivity index (χ2v) is 11.6. The SMILES string of the molecule is Cc1c2c(c(CC(C)C)c3c(C)cccc13)Oc1cc(CC(C)(C)C)cc3cc[n+](C)c-2c13. The van der Waals surface area contributed by atoms with Gasteiger partial charge in [0.15, 0.2) is 6.20 Å². The van der Waals surface area contributed by atoms with Gasteiger partial charge in [-0.3, -0.25) is 0 Å². The molecule has 2 nitrogen and oxygen atoms in total. The maximum absolute atomic E-state index is 6.92. The Balaban J connectivity index is 1.91. The first kappa shape index (κ1) is 21.9. The number of fused-ring (bicyclic) bond motifs is 3. The van der Waals surface area contributed by atoms with Crippen molar-refractivity contribution in [1.82, 2.24) is 0 Å². The van der Waals surface area contributed by atoms with E-state index in [2.05, 4.69) is 103 Å². The zero-order chi connectivity index (χ0) is 23.7. The van der Waals surface area contributed by atoms with E-state index in [0.29, 0.717) is 5.92 Å². The molecule has 0 amide bonds. The van der Waals surface area contributed by atoms with Crippen LogP contribution in [-0.2, 0) is 19.9 Å². The third kappa shape index (κ3) is 3.60. The molecule has 2 heteroatoms. The minimum atomic E-state index is 0.224. The van der Waals surface area contributed by atoms with Gasteiger partial charge in [-0.05, 0) is 76.9 Å². The Morgan fingerprint density at radius 1 is 1.00 bits per heavy atom.